The lowest BCUT2D eigenvalue weighted by Crippen LogP contribution is -2.05. The van der Waals surface area contributed by atoms with Crippen LogP contribution in [0.15, 0.2) is 11.6 Å². The Bertz CT molecular complexity index is 252. The molecule has 0 aromatic carbocycles. The topological polar surface area (TPSA) is 83.8 Å². The predicted octanol–water partition coefficient (Wildman–Crippen LogP) is 0.673. The van der Waals surface area contributed by atoms with Crippen molar-refractivity contribution >= 4 is 13.6 Å². The van der Waals surface area contributed by atoms with Crippen molar-refractivity contribution in [2.75, 3.05) is 12.8 Å². The van der Waals surface area contributed by atoms with Crippen LogP contribution < -0.4 is 0 Å². The molecule has 0 aliphatic rings. The zero-order valence-corrected chi connectivity index (χ0v) is 8.45. The van der Waals surface area contributed by atoms with Gasteiger partial charge in [0.1, 0.15) is 0 Å². The third kappa shape index (κ3) is 6.51. The first kappa shape index (κ1) is 12.4. The number of esters is 1. The quantitative estimate of drug-likeness (QED) is 0.403. The van der Waals surface area contributed by atoms with Crippen LogP contribution in [0.2, 0.25) is 0 Å². The number of allylic oxidation sites excluding steroid dienone is 1. The number of hydrogen-bond acceptors (Lipinski definition) is 3. The van der Waals surface area contributed by atoms with E-state index in [9.17, 15) is 9.36 Å². The fourth-order valence-electron chi connectivity index (χ4n) is 0.584. The minimum Gasteiger partial charge on any atom is -0.463 e. The van der Waals surface area contributed by atoms with Crippen LogP contribution in [0.4, 0.5) is 0 Å². The van der Waals surface area contributed by atoms with Crippen LogP contribution in [-0.2, 0) is 14.1 Å². The molecule has 76 valence electrons. The second kappa shape index (κ2) is 5.17. The Labute approximate surface area is 76.6 Å². The van der Waals surface area contributed by atoms with Gasteiger partial charge in [-0.3, -0.25) is 4.57 Å². The van der Waals surface area contributed by atoms with Crippen molar-refractivity contribution in [1.82, 2.24) is 0 Å². The maximum absolute atomic E-state index is 10.9. The van der Waals surface area contributed by atoms with Gasteiger partial charge >= 0.3 is 13.6 Å². The highest BCUT2D eigenvalue weighted by Gasteiger charge is 2.12. The summed E-state index contributed by atoms with van der Waals surface area (Å²) in [5, 5.41) is 0. The summed E-state index contributed by atoms with van der Waals surface area (Å²) in [5.74, 6) is -0.545. The highest BCUT2D eigenvalue weighted by atomic mass is 31.2. The molecule has 0 aliphatic heterocycles. The molecule has 0 atom stereocenters. The van der Waals surface area contributed by atoms with Gasteiger partial charge in [-0.15, -0.1) is 0 Å². The first-order valence-electron chi connectivity index (χ1n) is 3.75. The molecule has 0 fully saturated rings. The molecular formula is C7H13O5P. The summed E-state index contributed by atoms with van der Waals surface area (Å²) < 4.78 is 15.0. The van der Waals surface area contributed by atoms with Gasteiger partial charge in [-0.1, -0.05) is 6.08 Å². The minimum atomic E-state index is -4.06. The third-order valence-electron chi connectivity index (χ3n) is 1.23. The van der Waals surface area contributed by atoms with Gasteiger partial charge in [0.25, 0.3) is 0 Å². The average Bonchev–Trinajstić information content (AvgIpc) is 1.99. The zero-order chi connectivity index (χ0) is 10.5. The summed E-state index contributed by atoms with van der Waals surface area (Å²) >= 11 is 0. The molecule has 13 heavy (non-hydrogen) atoms. The lowest BCUT2D eigenvalue weighted by molar-refractivity contribution is -0.138. The molecule has 0 saturated carbocycles. The largest absolute Gasteiger partial charge is 0.463 e. The normalized spacial score (nSPS) is 12.8. The van der Waals surface area contributed by atoms with E-state index in [1.165, 1.54) is 13.0 Å². The maximum Gasteiger partial charge on any atom is 0.333 e. The fraction of sp³-hybridized carbons (Fsp3) is 0.571. The Morgan fingerprint density at radius 1 is 1.54 bits per heavy atom. The van der Waals surface area contributed by atoms with Gasteiger partial charge < -0.3 is 14.5 Å². The first-order chi connectivity index (χ1) is 5.87. The molecule has 0 heterocycles. The van der Waals surface area contributed by atoms with Crippen LogP contribution >= 0.6 is 7.60 Å². The van der Waals surface area contributed by atoms with E-state index in [0.717, 1.165) is 0 Å². The van der Waals surface area contributed by atoms with Crippen LogP contribution in [0.5, 0.6) is 0 Å². The van der Waals surface area contributed by atoms with E-state index in [2.05, 4.69) is 4.74 Å². The van der Waals surface area contributed by atoms with Gasteiger partial charge in [-0.05, 0) is 13.8 Å². The maximum atomic E-state index is 10.9. The Kier molecular flexibility index (Phi) is 4.91. The molecule has 0 aromatic heterocycles. The fourth-order valence-corrected chi connectivity index (χ4v) is 1.10. The molecule has 5 nitrogen and oxygen atoms in total. The van der Waals surface area contributed by atoms with E-state index in [0.29, 0.717) is 0 Å². The predicted molar refractivity (Wildman–Crippen MR) is 47.3 cm³/mol. The number of carbonyl (C=O) groups is 1. The summed E-state index contributed by atoms with van der Waals surface area (Å²) in [4.78, 5) is 27.9. The second-order valence-electron chi connectivity index (χ2n) is 2.45. The molecule has 0 spiro atoms. The van der Waals surface area contributed by atoms with E-state index in [4.69, 9.17) is 9.79 Å². The lowest BCUT2D eigenvalue weighted by atomic mass is 10.3. The van der Waals surface area contributed by atoms with E-state index < -0.39 is 19.7 Å². The number of carbonyl (C=O) groups excluding carboxylic acids is 1. The average molecular weight is 208 g/mol. The molecule has 0 amide bonds. The summed E-state index contributed by atoms with van der Waals surface area (Å²) in [5.41, 5.74) is 0.213. The standard InChI is InChI=1S/C7H13O5P/c1-3-12-7(8)6(2)4-5-13(9,10)11/h4H,3,5H2,1-2H3,(H2,9,10,11)/b6-4+. The number of rotatable bonds is 4. The smallest absolute Gasteiger partial charge is 0.333 e. The molecule has 2 N–H and O–H groups in total. The first-order valence-corrected chi connectivity index (χ1v) is 5.55. The minimum absolute atomic E-state index is 0.213. The van der Waals surface area contributed by atoms with Crippen molar-refractivity contribution < 1.29 is 23.9 Å². The molecule has 6 heteroatoms. The van der Waals surface area contributed by atoms with Gasteiger partial charge in [0.2, 0.25) is 0 Å². The molecule has 0 bridgehead atoms. The van der Waals surface area contributed by atoms with Crippen molar-refractivity contribution in [3.05, 3.63) is 11.6 Å². The molecule has 0 aromatic rings. The van der Waals surface area contributed by atoms with E-state index in [1.54, 1.807) is 6.92 Å². The SMILES string of the molecule is CCOC(=O)/C(C)=C/CP(=O)(O)O. The van der Waals surface area contributed by atoms with Crippen molar-refractivity contribution in [1.29, 1.82) is 0 Å². The molecular weight excluding hydrogens is 195 g/mol. The monoisotopic (exact) mass is 208 g/mol. The highest BCUT2D eigenvalue weighted by Crippen LogP contribution is 2.34. The van der Waals surface area contributed by atoms with E-state index in [1.807, 2.05) is 0 Å². The van der Waals surface area contributed by atoms with Gasteiger partial charge in [0, 0.05) is 5.57 Å². The highest BCUT2D eigenvalue weighted by molar-refractivity contribution is 7.51. The van der Waals surface area contributed by atoms with Crippen molar-refractivity contribution in [3.63, 3.8) is 0 Å². The van der Waals surface area contributed by atoms with Gasteiger partial charge in [0.05, 0.1) is 12.8 Å². The van der Waals surface area contributed by atoms with Crippen molar-refractivity contribution in [2.45, 2.75) is 13.8 Å². The Hall–Kier alpha value is -0.640. The van der Waals surface area contributed by atoms with Crippen LogP contribution in [-0.4, -0.2) is 28.5 Å². The van der Waals surface area contributed by atoms with Gasteiger partial charge in [-0.2, -0.15) is 0 Å². The Morgan fingerprint density at radius 2 is 2.08 bits per heavy atom. The van der Waals surface area contributed by atoms with Crippen molar-refractivity contribution in [2.24, 2.45) is 0 Å². The molecule has 0 aliphatic carbocycles. The van der Waals surface area contributed by atoms with Gasteiger partial charge in [0.15, 0.2) is 0 Å². The Balaban J connectivity index is 4.17. The number of hydrogen-bond donors (Lipinski definition) is 2. The van der Waals surface area contributed by atoms with Crippen LogP contribution in [0, 0.1) is 0 Å². The van der Waals surface area contributed by atoms with Crippen molar-refractivity contribution in [3.8, 4) is 0 Å². The summed E-state index contributed by atoms with van der Waals surface area (Å²) in [7, 11) is -4.06. The van der Waals surface area contributed by atoms with Crippen LogP contribution in [0.3, 0.4) is 0 Å². The number of ether oxygens (including phenoxy) is 1. The van der Waals surface area contributed by atoms with Crippen LogP contribution in [0.25, 0.3) is 0 Å². The summed E-state index contributed by atoms with van der Waals surface area (Å²) in [6.07, 6.45) is 0.746. The lowest BCUT2D eigenvalue weighted by Gasteiger charge is -2.02. The molecule has 0 saturated heterocycles. The Morgan fingerprint density at radius 3 is 2.46 bits per heavy atom. The van der Waals surface area contributed by atoms with Crippen LogP contribution in [0.1, 0.15) is 13.8 Å². The zero-order valence-electron chi connectivity index (χ0n) is 7.56. The molecule has 0 unspecified atom stereocenters. The molecule has 0 radical (unpaired) electrons. The summed E-state index contributed by atoms with van der Waals surface area (Å²) in [6.45, 7) is 3.36. The molecule has 0 rings (SSSR count). The summed E-state index contributed by atoms with van der Waals surface area (Å²) in [6, 6.07) is 0. The second-order valence-corrected chi connectivity index (χ2v) is 4.15. The van der Waals surface area contributed by atoms with E-state index >= 15 is 0 Å². The van der Waals surface area contributed by atoms with E-state index in [-0.39, 0.29) is 12.2 Å². The third-order valence-corrected chi connectivity index (χ3v) is 1.89. The van der Waals surface area contributed by atoms with Gasteiger partial charge in [-0.25, -0.2) is 4.79 Å².